The molecular weight excluding hydrogens is 290 g/mol. The number of nitro benzene ring substituents is 1. The van der Waals surface area contributed by atoms with E-state index >= 15 is 0 Å². The van der Waals surface area contributed by atoms with Gasteiger partial charge in [-0.3, -0.25) is 10.1 Å². The number of non-ortho nitro benzene ring substituents is 1. The lowest BCUT2D eigenvalue weighted by Gasteiger charge is -1.98. The molecule has 12 heavy (non-hydrogen) atoms. The molecule has 1 aromatic carbocycles. The third kappa shape index (κ3) is 2.04. The second-order valence-corrected chi connectivity index (χ2v) is 3.58. The molecule has 0 saturated heterocycles. The Balaban J connectivity index is 3.10. The number of nitro groups is 1. The Morgan fingerprint density at radius 1 is 1.50 bits per heavy atom. The molecule has 0 spiro atoms. The van der Waals surface area contributed by atoms with Crippen molar-refractivity contribution in [2.45, 2.75) is 5.33 Å². The van der Waals surface area contributed by atoms with E-state index in [1.807, 2.05) is 0 Å². The Kier molecular flexibility index (Phi) is 3.22. The third-order valence-electron chi connectivity index (χ3n) is 1.39. The highest BCUT2D eigenvalue weighted by Crippen LogP contribution is 2.24. The zero-order valence-electron chi connectivity index (χ0n) is 5.96. The fraction of sp³-hybridized carbons (Fsp3) is 0.143. The van der Waals surface area contributed by atoms with Crippen molar-refractivity contribution in [3.8, 4) is 0 Å². The maximum atomic E-state index is 10.3. The number of alkyl halides is 1. The number of hydrogen-bond acceptors (Lipinski definition) is 2. The lowest BCUT2D eigenvalue weighted by atomic mass is 10.2. The van der Waals surface area contributed by atoms with E-state index in [9.17, 15) is 10.1 Å². The van der Waals surface area contributed by atoms with Crippen molar-refractivity contribution >= 4 is 37.5 Å². The average molecular weight is 295 g/mol. The van der Waals surface area contributed by atoms with Gasteiger partial charge in [-0.15, -0.1) is 0 Å². The first-order chi connectivity index (χ1) is 5.65. The van der Waals surface area contributed by atoms with E-state index in [0.29, 0.717) is 5.33 Å². The number of hydrogen-bond donors (Lipinski definition) is 0. The summed E-state index contributed by atoms with van der Waals surface area (Å²) in [6.07, 6.45) is 0. The lowest BCUT2D eigenvalue weighted by Crippen LogP contribution is -1.89. The van der Waals surface area contributed by atoms with Crippen LogP contribution in [0.3, 0.4) is 0 Å². The van der Waals surface area contributed by atoms with Crippen LogP contribution >= 0.6 is 31.9 Å². The van der Waals surface area contributed by atoms with Gasteiger partial charge in [0.1, 0.15) is 0 Å². The average Bonchev–Trinajstić information content (AvgIpc) is 2.04. The molecule has 3 nitrogen and oxygen atoms in total. The predicted molar refractivity (Wildman–Crippen MR) is 53.4 cm³/mol. The first kappa shape index (κ1) is 9.67. The SMILES string of the molecule is O=[N+]([O-])c1ccc(CBr)c(Br)c1. The van der Waals surface area contributed by atoms with Gasteiger partial charge in [-0.05, 0) is 5.56 Å². The van der Waals surface area contributed by atoms with Gasteiger partial charge in [0.15, 0.2) is 0 Å². The number of rotatable bonds is 2. The van der Waals surface area contributed by atoms with E-state index in [4.69, 9.17) is 0 Å². The normalized spacial score (nSPS) is 9.83. The van der Waals surface area contributed by atoms with Crippen LogP contribution in [0.1, 0.15) is 5.56 Å². The predicted octanol–water partition coefficient (Wildman–Crippen LogP) is 3.25. The van der Waals surface area contributed by atoms with Crippen LogP contribution in [0.2, 0.25) is 0 Å². The zero-order chi connectivity index (χ0) is 9.14. The topological polar surface area (TPSA) is 43.1 Å². The number of nitrogens with zero attached hydrogens (tertiary/aromatic N) is 1. The minimum absolute atomic E-state index is 0.103. The second-order valence-electron chi connectivity index (χ2n) is 2.17. The van der Waals surface area contributed by atoms with Crippen LogP contribution in [-0.4, -0.2) is 4.92 Å². The van der Waals surface area contributed by atoms with Gasteiger partial charge in [0, 0.05) is 21.9 Å². The number of benzene rings is 1. The van der Waals surface area contributed by atoms with Crippen molar-refractivity contribution in [3.63, 3.8) is 0 Å². The summed E-state index contributed by atoms with van der Waals surface area (Å²) in [5, 5.41) is 11.0. The molecule has 0 fully saturated rings. The number of halogens is 2. The van der Waals surface area contributed by atoms with Gasteiger partial charge in [-0.2, -0.15) is 0 Å². The first-order valence-corrected chi connectivity index (χ1v) is 5.05. The van der Waals surface area contributed by atoms with Gasteiger partial charge in [-0.25, -0.2) is 0 Å². The minimum atomic E-state index is -0.414. The maximum absolute atomic E-state index is 10.3. The quantitative estimate of drug-likeness (QED) is 0.477. The summed E-state index contributed by atoms with van der Waals surface area (Å²) in [4.78, 5) is 9.91. The summed E-state index contributed by atoms with van der Waals surface area (Å²) >= 11 is 6.51. The first-order valence-electron chi connectivity index (χ1n) is 3.14. The van der Waals surface area contributed by atoms with Crippen molar-refractivity contribution in [1.29, 1.82) is 0 Å². The van der Waals surface area contributed by atoms with Crippen molar-refractivity contribution < 1.29 is 4.92 Å². The molecule has 1 rings (SSSR count). The summed E-state index contributed by atoms with van der Waals surface area (Å²) in [7, 11) is 0. The molecule has 0 amide bonds. The molecule has 0 heterocycles. The van der Waals surface area contributed by atoms with Crippen LogP contribution in [0.4, 0.5) is 5.69 Å². The van der Waals surface area contributed by atoms with Crippen molar-refractivity contribution in [1.82, 2.24) is 0 Å². The van der Waals surface area contributed by atoms with E-state index in [1.165, 1.54) is 12.1 Å². The van der Waals surface area contributed by atoms with Crippen LogP contribution in [-0.2, 0) is 5.33 Å². The molecule has 0 saturated carbocycles. The smallest absolute Gasteiger partial charge is 0.258 e. The van der Waals surface area contributed by atoms with Crippen LogP contribution in [0.5, 0.6) is 0 Å². The Bertz CT molecular complexity index is 314. The minimum Gasteiger partial charge on any atom is -0.258 e. The van der Waals surface area contributed by atoms with Gasteiger partial charge in [0.05, 0.1) is 4.92 Å². The monoisotopic (exact) mass is 293 g/mol. The molecule has 0 unspecified atom stereocenters. The van der Waals surface area contributed by atoms with E-state index in [2.05, 4.69) is 31.9 Å². The van der Waals surface area contributed by atoms with Gasteiger partial charge < -0.3 is 0 Å². The Morgan fingerprint density at radius 2 is 2.17 bits per heavy atom. The molecule has 0 radical (unpaired) electrons. The third-order valence-corrected chi connectivity index (χ3v) is 2.73. The summed E-state index contributed by atoms with van der Waals surface area (Å²) in [5.41, 5.74) is 1.10. The molecule has 0 atom stereocenters. The highest BCUT2D eigenvalue weighted by Gasteiger charge is 2.07. The fourth-order valence-corrected chi connectivity index (χ4v) is 2.13. The highest BCUT2D eigenvalue weighted by molar-refractivity contribution is 9.10. The molecule has 0 aliphatic rings. The van der Waals surface area contributed by atoms with Crippen molar-refractivity contribution in [2.75, 3.05) is 0 Å². The van der Waals surface area contributed by atoms with Gasteiger partial charge >= 0.3 is 0 Å². The Hall–Kier alpha value is -0.420. The van der Waals surface area contributed by atoms with Gasteiger partial charge in [-0.1, -0.05) is 37.9 Å². The van der Waals surface area contributed by atoms with E-state index < -0.39 is 4.92 Å². The van der Waals surface area contributed by atoms with Crippen LogP contribution in [0, 0.1) is 10.1 Å². The molecular formula is C7H5Br2NO2. The van der Waals surface area contributed by atoms with Crippen LogP contribution < -0.4 is 0 Å². The zero-order valence-corrected chi connectivity index (χ0v) is 9.13. The van der Waals surface area contributed by atoms with Crippen molar-refractivity contribution in [3.05, 3.63) is 38.3 Å². The summed E-state index contributed by atoms with van der Waals surface area (Å²) in [6.45, 7) is 0. The standard InChI is InChI=1S/C7H5Br2NO2/c8-4-5-1-2-6(10(11)12)3-7(5)9/h1-3H,4H2. The molecule has 0 bridgehead atoms. The molecule has 0 aromatic heterocycles. The van der Waals surface area contributed by atoms with E-state index in [1.54, 1.807) is 6.07 Å². The summed E-state index contributed by atoms with van der Waals surface area (Å²) in [6, 6.07) is 4.70. The molecule has 0 aliphatic carbocycles. The molecule has 0 aliphatic heterocycles. The molecule has 64 valence electrons. The van der Waals surface area contributed by atoms with Crippen LogP contribution in [0.25, 0.3) is 0 Å². The molecule has 1 aromatic rings. The molecule has 5 heteroatoms. The van der Waals surface area contributed by atoms with Gasteiger partial charge in [0.25, 0.3) is 5.69 Å². The largest absolute Gasteiger partial charge is 0.270 e. The fourth-order valence-electron chi connectivity index (χ4n) is 0.758. The molecule has 0 N–H and O–H groups in total. The van der Waals surface area contributed by atoms with E-state index in [-0.39, 0.29) is 5.69 Å². The van der Waals surface area contributed by atoms with Crippen molar-refractivity contribution in [2.24, 2.45) is 0 Å². The van der Waals surface area contributed by atoms with Crippen LogP contribution in [0.15, 0.2) is 22.7 Å². The lowest BCUT2D eigenvalue weighted by molar-refractivity contribution is -0.384. The Morgan fingerprint density at radius 3 is 2.58 bits per heavy atom. The summed E-state index contributed by atoms with van der Waals surface area (Å²) < 4.78 is 0.758. The Labute approximate surface area is 86.2 Å². The maximum Gasteiger partial charge on any atom is 0.270 e. The second kappa shape index (κ2) is 4.00. The summed E-state index contributed by atoms with van der Waals surface area (Å²) in [5.74, 6) is 0. The van der Waals surface area contributed by atoms with E-state index in [0.717, 1.165) is 10.0 Å². The highest BCUT2D eigenvalue weighted by atomic mass is 79.9. The van der Waals surface area contributed by atoms with Gasteiger partial charge in [0.2, 0.25) is 0 Å².